The number of benzene rings is 2. The van der Waals surface area contributed by atoms with Crippen LogP contribution in [0.3, 0.4) is 0 Å². The van der Waals surface area contributed by atoms with Crippen LogP contribution in [-0.4, -0.2) is 40.1 Å². The molecule has 0 saturated carbocycles. The third kappa shape index (κ3) is 4.69. The molecular formula is C19H22N2O4S. The van der Waals surface area contributed by atoms with E-state index in [9.17, 15) is 13.2 Å². The summed E-state index contributed by atoms with van der Waals surface area (Å²) in [4.78, 5) is 13.7. The molecule has 138 valence electrons. The van der Waals surface area contributed by atoms with Crippen LogP contribution in [0, 0.1) is 6.92 Å². The highest BCUT2D eigenvalue weighted by molar-refractivity contribution is 7.88. The summed E-state index contributed by atoms with van der Waals surface area (Å²) < 4.78 is 32.8. The fraction of sp³-hybridized carbons (Fsp3) is 0.316. The Balaban J connectivity index is 1.60. The molecule has 6 nitrogen and oxygen atoms in total. The number of rotatable bonds is 6. The van der Waals surface area contributed by atoms with Crippen molar-refractivity contribution in [1.82, 2.24) is 4.72 Å². The number of nitrogens with one attached hydrogen (secondary N) is 1. The van der Waals surface area contributed by atoms with E-state index in [4.69, 9.17) is 4.74 Å². The van der Waals surface area contributed by atoms with E-state index >= 15 is 0 Å². The predicted octanol–water partition coefficient (Wildman–Crippen LogP) is 1.85. The average Bonchev–Trinajstić information content (AvgIpc) is 2.64. The number of nitrogens with zero attached hydrogens (tertiary/aromatic N) is 1. The molecule has 1 heterocycles. The van der Waals surface area contributed by atoms with Gasteiger partial charge in [0, 0.05) is 12.2 Å². The zero-order chi connectivity index (χ0) is 18.6. The second kappa shape index (κ2) is 7.99. The Morgan fingerprint density at radius 3 is 2.54 bits per heavy atom. The van der Waals surface area contributed by atoms with Crippen LogP contribution in [0.1, 0.15) is 11.1 Å². The minimum absolute atomic E-state index is 0.0565. The summed E-state index contributed by atoms with van der Waals surface area (Å²) in [5.74, 6) is -0.205. The maximum absolute atomic E-state index is 12.4. The highest BCUT2D eigenvalue weighted by Crippen LogP contribution is 2.18. The second-order valence-electron chi connectivity index (χ2n) is 6.31. The van der Waals surface area contributed by atoms with Gasteiger partial charge in [-0.05, 0) is 30.2 Å². The van der Waals surface area contributed by atoms with Gasteiger partial charge in [0.25, 0.3) is 5.91 Å². The van der Waals surface area contributed by atoms with Crippen LogP contribution in [0.5, 0.6) is 0 Å². The lowest BCUT2D eigenvalue weighted by Gasteiger charge is -2.32. The van der Waals surface area contributed by atoms with Crippen LogP contribution < -0.4 is 9.62 Å². The summed E-state index contributed by atoms with van der Waals surface area (Å²) >= 11 is 0. The predicted molar refractivity (Wildman–Crippen MR) is 100 cm³/mol. The smallest absolute Gasteiger partial charge is 0.253 e. The van der Waals surface area contributed by atoms with Crippen LogP contribution in [-0.2, 0) is 25.3 Å². The van der Waals surface area contributed by atoms with E-state index in [-0.39, 0.29) is 30.9 Å². The van der Waals surface area contributed by atoms with Crippen LogP contribution in [0.25, 0.3) is 0 Å². The molecule has 2 aromatic carbocycles. The first-order chi connectivity index (χ1) is 12.4. The van der Waals surface area contributed by atoms with Crippen molar-refractivity contribution in [2.45, 2.75) is 18.8 Å². The number of anilines is 1. The summed E-state index contributed by atoms with van der Waals surface area (Å²) in [7, 11) is -3.49. The standard InChI is InChI=1S/C19H22N2O4S/c1-15-7-5-6-8-16(15)14-26(23,24)20-11-18-12-21(19(22)13-25-18)17-9-3-2-4-10-17/h2-10,18,20H,11-14H2,1H3. The Morgan fingerprint density at radius 2 is 1.81 bits per heavy atom. The number of hydrogen-bond acceptors (Lipinski definition) is 4. The van der Waals surface area contributed by atoms with E-state index in [1.54, 1.807) is 4.90 Å². The van der Waals surface area contributed by atoms with Gasteiger partial charge < -0.3 is 9.64 Å². The van der Waals surface area contributed by atoms with E-state index in [1.807, 2.05) is 61.5 Å². The lowest BCUT2D eigenvalue weighted by molar-refractivity contribution is -0.129. The molecule has 7 heteroatoms. The van der Waals surface area contributed by atoms with Crippen molar-refractivity contribution in [3.05, 3.63) is 65.7 Å². The van der Waals surface area contributed by atoms with Crippen molar-refractivity contribution >= 4 is 21.6 Å². The van der Waals surface area contributed by atoms with E-state index in [0.717, 1.165) is 16.8 Å². The molecular weight excluding hydrogens is 352 g/mol. The molecule has 26 heavy (non-hydrogen) atoms. The van der Waals surface area contributed by atoms with Gasteiger partial charge in [-0.15, -0.1) is 0 Å². The lowest BCUT2D eigenvalue weighted by Crippen LogP contribution is -2.50. The number of hydrogen-bond donors (Lipinski definition) is 1. The largest absolute Gasteiger partial charge is 0.365 e. The van der Waals surface area contributed by atoms with E-state index < -0.39 is 10.0 Å². The molecule has 3 rings (SSSR count). The number of carbonyl (C=O) groups is 1. The first-order valence-corrected chi connectivity index (χ1v) is 10.1. The normalized spacial score (nSPS) is 18.1. The van der Waals surface area contributed by atoms with Crippen LogP contribution in [0.15, 0.2) is 54.6 Å². The number of carbonyl (C=O) groups excluding carboxylic acids is 1. The summed E-state index contributed by atoms with van der Waals surface area (Å²) in [6, 6.07) is 16.7. The zero-order valence-corrected chi connectivity index (χ0v) is 15.4. The SMILES string of the molecule is Cc1ccccc1CS(=O)(=O)NCC1CN(c2ccccc2)C(=O)CO1. The molecule has 1 saturated heterocycles. The van der Waals surface area contributed by atoms with Crippen molar-refractivity contribution < 1.29 is 17.9 Å². The van der Waals surface area contributed by atoms with Gasteiger partial charge in [0.1, 0.15) is 6.61 Å². The van der Waals surface area contributed by atoms with Crippen molar-refractivity contribution in [2.75, 3.05) is 24.6 Å². The number of morpholine rings is 1. The number of ether oxygens (including phenoxy) is 1. The molecule has 1 atom stereocenters. The molecule has 1 aliphatic heterocycles. The van der Waals surface area contributed by atoms with Crippen molar-refractivity contribution in [3.63, 3.8) is 0 Å². The number of aryl methyl sites for hydroxylation is 1. The Morgan fingerprint density at radius 1 is 1.12 bits per heavy atom. The van der Waals surface area contributed by atoms with Gasteiger partial charge in [-0.2, -0.15) is 0 Å². The third-order valence-corrected chi connectivity index (χ3v) is 5.63. The topological polar surface area (TPSA) is 75.7 Å². The maximum atomic E-state index is 12.4. The lowest BCUT2D eigenvalue weighted by atomic mass is 10.1. The minimum atomic E-state index is -3.49. The molecule has 1 unspecified atom stereocenters. The highest BCUT2D eigenvalue weighted by atomic mass is 32.2. The van der Waals surface area contributed by atoms with Gasteiger partial charge in [-0.3, -0.25) is 4.79 Å². The molecule has 2 aromatic rings. The van der Waals surface area contributed by atoms with Gasteiger partial charge in [0.2, 0.25) is 10.0 Å². The molecule has 1 amide bonds. The molecule has 1 aliphatic rings. The number of para-hydroxylation sites is 1. The molecule has 1 N–H and O–H groups in total. The van der Waals surface area contributed by atoms with Crippen LogP contribution in [0.4, 0.5) is 5.69 Å². The van der Waals surface area contributed by atoms with Gasteiger partial charge in [-0.1, -0.05) is 42.5 Å². The van der Waals surface area contributed by atoms with Gasteiger partial charge >= 0.3 is 0 Å². The van der Waals surface area contributed by atoms with Crippen LogP contribution >= 0.6 is 0 Å². The third-order valence-electron chi connectivity index (χ3n) is 4.34. The van der Waals surface area contributed by atoms with E-state index in [1.165, 1.54) is 0 Å². The Kier molecular flexibility index (Phi) is 5.70. The molecule has 0 radical (unpaired) electrons. The van der Waals surface area contributed by atoms with E-state index in [0.29, 0.717) is 6.54 Å². The average molecular weight is 374 g/mol. The number of amides is 1. The van der Waals surface area contributed by atoms with Crippen molar-refractivity contribution in [2.24, 2.45) is 0 Å². The quantitative estimate of drug-likeness (QED) is 0.837. The molecule has 0 aromatic heterocycles. The fourth-order valence-corrected chi connectivity index (χ4v) is 4.13. The maximum Gasteiger partial charge on any atom is 0.253 e. The van der Waals surface area contributed by atoms with Gasteiger partial charge in [0.05, 0.1) is 18.4 Å². The summed E-state index contributed by atoms with van der Waals surface area (Å²) in [5.41, 5.74) is 2.49. The summed E-state index contributed by atoms with van der Waals surface area (Å²) in [6.07, 6.45) is -0.389. The molecule has 0 aliphatic carbocycles. The monoisotopic (exact) mass is 374 g/mol. The fourth-order valence-electron chi connectivity index (χ4n) is 2.85. The highest BCUT2D eigenvalue weighted by Gasteiger charge is 2.28. The number of sulfonamides is 1. The molecule has 0 spiro atoms. The zero-order valence-electron chi connectivity index (χ0n) is 14.6. The van der Waals surface area contributed by atoms with Crippen LogP contribution in [0.2, 0.25) is 0 Å². The van der Waals surface area contributed by atoms with Crippen molar-refractivity contribution in [3.8, 4) is 0 Å². The Bertz CT molecular complexity index is 868. The van der Waals surface area contributed by atoms with Gasteiger partial charge in [-0.25, -0.2) is 13.1 Å². The first kappa shape index (κ1) is 18.6. The van der Waals surface area contributed by atoms with Crippen molar-refractivity contribution in [1.29, 1.82) is 0 Å². The first-order valence-electron chi connectivity index (χ1n) is 8.43. The summed E-state index contributed by atoms with van der Waals surface area (Å²) in [6.45, 7) is 2.28. The Hall–Kier alpha value is -2.22. The van der Waals surface area contributed by atoms with E-state index in [2.05, 4.69) is 4.72 Å². The minimum Gasteiger partial charge on any atom is -0.365 e. The summed E-state index contributed by atoms with van der Waals surface area (Å²) in [5, 5.41) is 0. The Labute approximate surface area is 153 Å². The second-order valence-corrected chi connectivity index (χ2v) is 8.11. The molecule has 1 fully saturated rings. The molecule has 0 bridgehead atoms. The van der Waals surface area contributed by atoms with Gasteiger partial charge in [0.15, 0.2) is 0 Å².